The summed E-state index contributed by atoms with van der Waals surface area (Å²) in [6, 6.07) is 13.5. The zero-order valence-electron chi connectivity index (χ0n) is 12.1. The van der Waals surface area contributed by atoms with Crippen LogP contribution in [0.5, 0.6) is 0 Å². The minimum atomic E-state index is -0.114. The standard InChI is InChI=1S/C16H19N3O/c1-12(2)14-9-10-15(18-17-14)16(20)19(3)11-13-7-5-4-6-8-13/h4-10,12H,11H2,1-3H3. The summed E-state index contributed by atoms with van der Waals surface area (Å²) < 4.78 is 0. The van der Waals surface area contributed by atoms with Crippen molar-refractivity contribution in [3.05, 3.63) is 59.4 Å². The summed E-state index contributed by atoms with van der Waals surface area (Å²) >= 11 is 0. The quantitative estimate of drug-likeness (QED) is 0.857. The molecule has 0 aliphatic rings. The Morgan fingerprint density at radius 2 is 1.80 bits per heavy atom. The molecule has 1 aromatic heterocycles. The molecule has 2 rings (SSSR count). The summed E-state index contributed by atoms with van der Waals surface area (Å²) in [4.78, 5) is 13.9. The predicted molar refractivity (Wildman–Crippen MR) is 78.4 cm³/mol. The first-order valence-corrected chi connectivity index (χ1v) is 6.71. The van der Waals surface area contributed by atoms with Crippen molar-refractivity contribution < 1.29 is 4.79 Å². The number of carbonyl (C=O) groups excluding carboxylic acids is 1. The second-order valence-corrected chi connectivity index (χ2v) is 5.14. The summed E-state index contributed by atoms with van der Waals surface area (Å²) in [5.41, 5.74) is 2.37. The first-order valence-electron chi connectivity index (χ1n) is 6.71. The third kappa shape index (κ3) is 3.41. The Morgan fingerprint density at radius 1 is 1.10 bits per heavy atom. The molecule has 1 aromatic carbocycles. The van der Waals surface area contributed by atoms with Gasteiger partial charge in [0.1, 0.15) is 0 Å². The molecule has 1 heterocycles. The van der Waals surface area contributed by atoms with E-state index in [-0.39, 0.29) is 5.91 Å². The van der Waals surface area contributed by atoms with Crippen molar-refractivity contribution in [3.63, 3.8) is 0 Å². The SMILES string of the molecule is CC(C)c1ccc(C(=O)N(C)Cc2ccccc2)nn1. The van der Waals surface area contributed by atoms with Crippen LogP contribution in [0.15, 0.2) is 42.5 Å². The molecular weight excluding hydrogens is 250 g/mol. The average Bonchev–Trinajstić information content (AvgIpc) is 2.47. The smallest absolute Gasteiger partial charge is 0.274 e. The minimum absolute atomic E-state index is 0.114. The Hall–Kier alpha value is -2.23. The summed E-state index contributed by atoms with van der Waals surface area (Å²) in [5.74, 6) is 0.199. The van der Waals surface area contributed by atoms with Gasteiger partial charge in [0.25, 0.3) is 5.91 Å². The van der Waals surface area contributed by atoms with Gasteiger partial charge in [0.2, 0.25) is 0 Å². The fourth-order valence-electron chi connectivity index (χ4n) is 1.89. The van der Waals surface area contributed by atoms with E-state index in [0.717, 1.165) is 11.3 Å². The average molecular weight is 269 g/mol. The molecule has 0 atom stereocenters. The van der Waals surface area contributed by atoms with Gasteiger partial charge in [-0.3, -0.25) is 4.79 Å². The van der Waals surface area contributed by atoms with Crippen LogP contribution >= 0.6 is 0 Å². The fraction of sp³-hybridized carbons (Fsp3) is 0.312. The topological polar surface area (TPSA) is 46.1 Å². The summed E-state index contributed by atoms with van der Waals surface area (Å²) in [6.45, 7) is 4.66. The van der Waals surface area contributed by atoms with Crippen molar-refractivity contribution in [2.75, 3.05) is 7.05 Å². The molecule has 4 heteroatoms. The zero-order valence-corrected chi connectivity index (χ0v) is 12.1. The normalized spacial score (nSPS) is 10.6. The summed E-state index contributed by atoms with van der Waals surface area (Å²) in [6.07, 6.45) is 0. The van der Waals surface area contributed by atoms with Crippen molar-refractivity contribution in [1.82, 2.24) is 15.1 Å². The maximum atomic E-state index is 12.3. The molecule has 0 radical (unpaired) electrons. The Labute approximate surface area is 119 Å². The second kappa shape index (κ2) is 6.28. The number of carbonyl (C=O) groups is 1. The van der Waals surface area contributed by atoms with Gasteiger partial charge in [-0.15, -0.1) is 5.10 Å². The number of rotatable bonds is 4. The highest BCUT2D eigenvalue weighted by Gasteiger charge is 2.14. The maximum Gasteiger partial charge on any atom is 0.274 e. The maximum absolute atomic E-state index is 12.3. The van der Waals surface area contributed by atoms with Gasteiger partial charge in [0.05, 0.1) is 5.69 Å². The van der Waals surface area contributed by atoms with Crippen LogP contribution < -0.4 is 0 Å². The minimum Gasteiger partial charge on any atom is -0.336 e. The van der Waals surface area contributed by atoms with Crippen molar-refractivity contribution in [2.45, 2.75) is 26.3 Å². The lowest BCUT2D eigenvalue weighted by Gasteiger charge is -2.16. The first-order chi connectivity index (χ1) is 9.58. The lowest BCUT2D eigenvalue weighted by Crippen LogP contribution is -2.27. The van der Waals surface area contributed by atoms with E-state index in [1.807, 2.05) is 50.2 Å². The molecule has 0 N–H and O–H groups in total. The molecule has 0 saturated heterocycles. The summed E-state index contributed by atoms with van der Waals surface area (Å²) in [5, 5.41) is 8.11. The van der Waals surface area contributed by atoms with E-state index in [2.05, 4.69) is 10.2 Å². The Kier molecular flexibility index (Phi) is 4.45. The van der Waals surface area contributed by atoms with Gasteiger partial charge in [-0.1, -0.05) is 44.2 Å². The zero-order chi connectivity index (χ0) is 14.5. The van der Waals surface area contributed by atoms with Gasteiger partial charge < -0.3 is 4.90 Å². The van der Waals surface area contributed by atoms with Crippen LogP contribution in [0.2, 0.25) is 0 Å². The molecule has 0 aliphatic carbocycles. The van der Waals surface area contributed by atoms with Crippen LogP contribution in [0.4, 0.5) is 0 Å². The van der Waals surface area contributed by atoms with Crippen molar-refractivity contribution in [3.8, 4) is 0 Å². The van der Waals surface area contributed by atoms with Crippen molar-refractivity contribution in [1.29, 1.82) is 0 Å². The van der Waals surface area contributed by atoms with Gasteiger partial charge in [-0.25, -0.2) is 0 Å². The molecule has 0 spiro atoms. The van der Waals surface area contributed by atoms with E-state index in [1.54, 1.807) is 18.0 Å². The van der Waals surface area contributed by atoms with E-state index in [9.17, 15) is 4.79 Å². The predicted octanol–water partition coefficient (Wildman–Crippen LogP) is 2.87. The molecule has 20 heavy (non-hydrogen) atoms. The molecule has 4 nitrogen and oxygen atoms in total. The highest BCUT2D eigenvalue weighted by atomic mass is 16.2. The van der Waals surface area contributed by atoms with Gasteiger partial charge in [0, 0.05) is 13.6 Å². The lowest BCUT2D eigenvalue weighted by atomic mass is 10.1. The molecule has 104 valence electrons. The molecule has 0 unspecified atom stereocenters. The number of aromatic nitrogens is 2. The first kappa shape index (κ1) is 14.2. The van der Waals surface area contributed by atoms with Crippen LogP contribution in [-0.4, -0.2) is 28.1 Å². The van der Waals surface area contributed by atoms with Crippen LogP contribution in [0, 0.1) is 0 Å². The number of hydrogen-bond donors (Lipinski definition) is 0. The fourth-order valence-corrected chi connectivity index (χ4v) is 1.89. The number of hydrogen-bond acceptors (Lipinski definition) is 3. The molecule has 1 amide bonds. The molecule has 0 saturated carbocycles. The Balaban J connectivity index is 2.06. The van der Waals surface area contributed by atoms with Crippen LogP contribution in [0.1, 0.15) is 41.5 Å². The largest absolute Gasteiger partial charge is 0.336 e. The van der Waals surface area contributed by atoms with Crippen LogP contribution in [0.3, 0.4) is 0 Å². The van der Waals surface area contributed by atoms with Gasteiger partial charge in [-0.2, -0.15) is 5.10 Å². The third-order valence-corrected chi connectivity index (χ3v) is 3.11. The van der Waals surface area contributed by atoms with E-state index in [4.69, 9.17) is 0 Å². The van der Waals surface area contributed by atoms with E-state index < -0.39 is 0 Å². The van der Waals surface area contributed by atoms with Crippen molar-refractivity contribution in [2.24, 2.45) is 0 Å². The van der Waals surface area contributed by atoms with Crippen LogP contribution in [-0.2, 0) is 6.54 Å². The molecule has 0 fully saturated rings. The van der Waals surface area contributed by atoms with Crippen molar-refractivity contribution >= 4 is 5.91 Å². The van der Waals surface area contributed by atoms with E-state index >= 15 is 0 Å². The highest BCUT2D eigenvalue weighted by molar-refractivity contribution is 5.91. The number of amides is 1. The van der Waals surface area contributed by atoms with E-state index in [0.29, 0.717) is 18.2 Å². The lowest BCUT2D eigenvalue weighted by molar-refractivity contribution is 0.0778. The summed E-state index contributed by atoms with van der Waals surface area (Å²) in [7, 11) is 1.77. The molecular formula is C16H19N3O. The Bertz CT molecular complexity index is 564. The highest BCUT2D eigenvalue weighted by Crippen LogP contribution is 2.11. The van der Waals surface area contributed by atoms with Gasteiger partial charge in [-0.05, 0) is 23.6 Å². The Morgan fingerprint density at radius 3 is 2.35 bits per heavy atom. The van der Waals surface area contributed by atoms with E-state index in [1.165, 1.54) is 0 Å². The van der Waals surface area contributed by atoms with Gasteiger partial charge in [0.15, 0.2) is 5.69 Å². The molecule has 2 aromatic rings. The molecule has 0 bridgehead atoms. The second-order valence-electron chi connectivity index (χ2n) is 5.14. The monoisotopic (exact) mass is 269 g/mol. The number of benzene rings is 1. The van der Waals surface area contributed by atoms with Gasteiger partial charge >= 0.3 is 0 Å². The third-order valence-electron chi connectivity index (χ3n) is 3.11. The van der Waals surface area contributed by atoms with Crippen LogP contribution in [0.25, 0.3) is 0 Å². The number of nitrogens with zero attached hydrogens (tertiary/aromatic N) is 3. The molecule has 0 aliphatic heterocycles.